The standard InChI is InChI=1S/C21H31ClN2O4S/c1-21(2,3)28-20(25)23-10-8-18(9-11-23)24-12-13-29(26,27)15-19(24)14-16-4-6-17(22)7-5-16/h4-7,18-19H,8-15H2,1-3H3. The van der Waals surface area contributed by atoms with E-state index in [1.54, 1.807) is 4.90 Å². The monoisotopic (exact) mass is 442 g/mol. The summed E-state index contributed by atoms with van der Waals surface area (Å²) >= 11 is 5.98. The molecule has 2 aliphatic heterocycles. The number of rotatable bonds is 3. The summed E-state index contributed by atoms with van der Waals surface area (Å²) in [5, 5.41) is 0.677. The fraction of sp³-hybridized carbons (Fsp3) is 0.667. The lowest BCUT2D eigenvalue weighted by molar-refractivity contribution is 0.0118. The molecule has 0 spiro atoms. The summed E-state index contributed by atoms with van der Waals surface area (Å²) in [6.45, 7) is 7.43. The van der Waals surface area contributed by atoms with Crippen molar-refractivity contribution in [3.05, 3.63) is 34.9 Å². The van der Waals surface area contributed by atoms with Crippen LogP contribution in [0.5, 0.6) is 0 Å². The lowest BCUT2D eigenvalue weighted by atomic mass is 9.98. The number of ether oxygens (including phenoxy) is 1. The molecule has 6 nitrogen and oxygen atoms in total. The lowest BCUT2D eigenvalue weighted by Crippen LogP contribution is -2.56. The van der Waals surface area contributed by atoms with Crippen LogP contribution in [-0.2, 0) is 21.0 Å². The van der Waals surface area contributed by atoms with E-state index in [9.17, 15) is 13.2 Å². The summed E-state index contributed by atoms with van der Waals surface area (Å²) in [4.78, 5) is 16.4. The highest BCUT2D eigenvalue weighted by molar-refractivity contribution is 7.91. The van der Waals surface area contributed by atoms with E-state index in [0.717, 1.165) is 18.4 Å². The minimum absolute atomic E-state index is 0.0481. The van der Waals surface area contributed by atoms with E-state index in [-0.39, 0.29) is 29.7 Å². The van der Waals surface area contributed by atoms with Crippen LogP contribution in [0.15, 0.2) is 24.3 Å². The molecule has 8 heteroatoms. The molecule has 1 unspecified atom stereocenters. The number of likely N-dealkylation sites (tertiary alicyclic amines) is 1. The van der Waals surface area contributed by atoms with Gasteiger partial charge in [0.05, 0.1) is 11.5 Å². The number of sulfone groups is 1. The molecule has 1 amide bonds. The number of nitrogens with zero attached hydrogens (tertiary/aromatic N) is 2. The van der Waals surface area contributed by atoms with E-state index in [2.05, 4.69) is 4.90 Å². The maximum atomic E-state index is 12.3. The summed E-state index contributed by atoms with van der Waals surface area (Å²) in [6.07, 6.45) is 2.07. The third-order valence-corrected chi connectivity index (χ3v) is 7.49. The van der Waals surface area contributed by atoms with Gasteiger partial charge in [0.15, 0.2) is 9.84 Å². The van der Waals surface area contributed by atoms with E-state index in [1.165, 1.54) is 0 Å². The van der Waals surface area contributed by atoms with Crippen molar-refractivity contribution in [2.24, 2.45) is 0 Å². The number of carbonyl (C=O) groups excluding carboxylic acids is 1. The number of carbonyl (C=O) groups is 1. The zero-order valence-electron chi connectivity index (χ0n) is 17.4. The Labute approximate surface area is 179 Å². The molecule has 0 aromatic heterocycles. The van der Waals surface area contributed by atoms with Gasteiger partial charge in [-0.1, -0.05) is 23.7 Å². The number of hydrogen-bond acceptors (Lipinski definition) is 5. The van der Waals surface area contributed by atoms with Crippen molar-refractivity contribution in [3.63, 3.8) is 0 Å². The second-order valence-electron chi connectivity index (χ2n) is 9.04. The van der Waals surface area contributed by atoms with E-state index in [1.807, 2.05) is 45.0 Å². The molecule has 0 aliphatic carbocycles. The Morgan fingerprint density at radius 2 is 1.76 bits per heavy atom. The first kappa shape index (κ1) is 22.4. The Morgan fingerprint density at radius 1 is 1.14 bits per heavy atom. The van der Waals surface area contributed by atoms with Gasteiger partial charge in [0.1, 0.15) is 5.60 Å². The van der Waals surface area contributed by atoms with Gasteiger partial charge in [-0.25, -0.2) is 13.2 Å². The topological polar surface area (TPSA) is 66.9 Å². The fourth-order valence-corrected chi connectivity index (χ4v) is 5.83. The van der Waals surface area contributed by atoms with Crippen LogP contribution >= 0.6 is 11.6 Å². The minimum atomic E-state index is -3.03. The van der Waals surface area contributed by atoms with Crippen LogP contribution in [0.3, 0.4) is 0 Å². The normalized spacial score (nSPS) is 23.7. The molecular formula is C21H31ClN2O4S. The molecule has 0 saturated carbocycles. The first-order valence-corrected chi connectivity index (χ1v) is 12.4. The van der Waals surface area contributed by atoms with Crippen molar-refractivity contribution < 1.29 is 17.9 Å². The minimum Gasteiger partial charge on any atom is -0.444 e. The first-order valence-electron chi connectivity index (χ1n) is 10.2. The Morgan fingerprint density at radius 3 is 2.34 bits per heavy atom. The predicted octanol–water partition coefficient (Wildman–Crippen LogP) is 3.38. The molecule has 2 saturated heterocycles. The zero-order chi connectivity index (χ0) is 21.2. The predicted molar refractivity (Wildman–Crippen MR) is 115 cm³/mol. The van der Waals surface area contributed by atoms with Gasteiger partial charge in [-0.05, 0) is 57.7 Å². The van der Waals surface area contributed by atoms with Crippen molar-refractivity contribution in [3.8, 4) is 0 Å². The van der Waals surface area contributed by atoms with Gasteiger partial charge >= 0.3 is 6.09 Å². The highest BCUT2D eigenvalue weighted by Gasteiger charge is 2.37. The third-order valence-electron chi connectivity index (χ3n) is 5.55. The molecule has 29 heavy (non-hydrogen) atoms. The molecule has 2 heterocycles. The zero-order valence-corrected chi connectivity index (χ0v) is 19.0. The molecule has 162 valence electrons. The van der Waals surface area contributed by atoms with Gasteiger partial charge in [-0.3, -0.25) is 4.90 Å². The van der Waals surface area contributed by atoms with E-state index in [0.29, 0.717) is 31.1 Å². The number of hydrogen-bond donors (Lipinski definition) is 0. The van der Waals surface area contributed by atoms with Crippen LogP contribution in [0, 0.1) is 0 Å². The van der Waals surface area contributed by atoms with Crippen LogP contribution in [0.4, 0.5) is 4.79 Å². The van der Waals surface area contributed by atoms with Crippen LogP contribution in [-0.4, -0.2) is 73.1 Å². The summed E-state index contributed by atoms with van der Waals surface area (Å²) in [5.74, 6) is 0.387. The smallest absolute Gasteiger partial charge is 0.410 e. The second-order valence-corrected chi connectivity index (χ2v) is 11.7. The molecule has 3 rings (SSSR count). The molecule has 0 bridgehead atoms. The van der Waals surface area contributed by atoms with Gasteiger partial charge < -0.3 is 9.64 Å². The van der Waals surface area contributed by atoms with E-state index in [4.69, 9.17) is 16.3 Å². The quantitative estimate of drug-likeness (QED) is 0.717. The summed E-state index contributed by atoms with van der Waals surface area (Å²) < 4.78 is 30.1. The molecule has 2 aliphatic rings. The number of amides is 1. The average Bonchev–Trinajstić information content (AvgIpc) is 2.62. The Balaban J connectivity index is 1.64. The Kier molecular flexibility index (Phi) is 6.81. The SMILES string of the molecule is CC(C)(C)OC(=O)N1CCC(N2CCS(=O)(=O)CC2Cc2ccc(Cl)cc2)CC1. The first-order chi connectivity index (χ1) is 13.5. The van der Waals surface area contributed by atoms with Gasteiger partial charge in [0, 0.05) is 36.7 Å². The van der Waals surface area contributed by atoms with E-state index < -0.39 is 15.4 Å². The van der Waals surface area contributed by atoms with E-state index >= 15 is 0 Å². The van der Waals surface area contributed by atoms with Crippen LogP contribution in [0.25, 0.3) is 0 Å². The van der Waals surface area contributed by atoms with Crippen molar-refractivity contribution in [1.29, 1.82) is 0 Å². The lowest BCUT2D eigenvalue weighted by Gasteiger charge is -2.44. The van der Waals surface area contributed by atoms with Crippen LogP contribution in [0.2, 0.25) is 5.02 Å². The Bertz CT molecular complexity index is 812. The maximum Gasteiger partial charge on any atom is 0.410 e. The van der Waals surface area contributed by atoms with Gasteiger partial charge in [0.25, 0.3) is 0 Å². The van der Waals surface area contributed by atoms with Crippen molar-refractivity contribution in [2.45, 2.75) is 57.7 Å². The van der Waals surface area contributed by atoms with Gasteiger partial charge in [0.2, 0.25) is 0 Å². The summed E-state index contributed by atoms with van der Waals surface area (Å²) in [7, 11) is -3.03. The average molecular weight is 443 g/mol. The summed E-state index contributed by atoms with van der Waals surface area (Å²) in [5.41, 5.74) is 0.589. The molecular weight excluding hydrogens is 412 g/mol. The van der Waals surface area contributed by atoms with Crippen LogP contribution < -0.4 is 0 Å². The number of piperidine rings is 1. The molecule has 0 N–H and O–H groups in total. The molecule has 1 aromatic carbocycles. The number of halogens is 1. The summed E-state index contributed by atoms with van der Waals surface area (Å²) in [6, 6.07) is 7.85. The molecule has 1 aromatic rings. The van der Waals surface area contributed by atoms with Crippen molar-refractivity contribution in [2.75, 3.05) is 31.1 Å². The molecule has 2 fully saturated rings. The third kappa shape index (κ3) is 6.33. The largest absolute Gasteiger partial charge is 0.444 e. The van der Waals surface area contributed by atoms with Crippen molar-refractivity contribution >= 4 is 27.5 Å². The van der Waals surface area contributed by atoms with Crippen LogP contribution in [0.1, 0.15) is 39.2 Å². The highest BCUT2D eigenvalue weighted by Crippen LogP contribution is 2.26. The fourth-order valence-electron chi connectivity index (χ4n) is 4.16. The number of benzene rings is 1. The highest BCUT2D eigenvalue weighted by atomic mass is 35.5. The van der Waals surface area contributed by atoms with Gasteiger partial charge in [-0.15, -0.1) is 0 Å². The second kappa shape index (κ2) is 8.82. The molecule has 0 radical (unpaired) electrons. The molecule has 1 atom stereocenters. The Hall–Kier alpha value is -1.31. The van der Waals surface area contributed by atoms with Crippen molar-refractivity contribution in [1.82, 2.24) is 9.80 Å². The maximum absolute atomic E-state index is 12.3. The van der Waals surface area contributed by atoms with Gasteiger partial charge in [-0.2, -0.15) is 0 Å².